The van der Waals surface area contributed by atoms with Crippen molar-refractivity contribution in [3.05, 3.63) is 22.3 Å². The van der Waals surface area contributed by atoms with E-state index in [2.05, 4.69) is 0 Å². The van der Waals surface area contributed by atoms with Crippen molar-refractivity contribution in [3.63, 3.8) is 0 Å². The predicted octanol–water partition coefficient (Wildman–Crippen LogP) is 2.08. The van der Waals surface area contributed by atoms with Crippen LogP contribution >= 0.6 is 0 Å². The van der Waals surface area contributed by atoms with E-state index in [0.29, 0.717) is 28.7 Å². The number of aliphatic hydroxyl groups is 1. The fraction of sp³-hybridized carbons (Fsp3) is 0.571. The zero-order valence-electron chi connectivity index (χ0n) is 11.5. The van der Waals surface area contributed by atoms with Crippen LogP contribution in [0.3, 0.4) is 0 Å². The molecule has 0 saturated heterocycles. The number of aliphatic carboxylic acids is 1. The average molecular weight is 252 g/mol. The molecule has 0 bridgehead atoms. The van der Waals surface area contributed by atoms with Gasteiger partial charge < -0.3 is 10.2 Å². The largest absolute Gasteiger partial charge is 0.481 e. The van der Waals surface area contributed by atoms with E-state index in [1.807, 2.05) is 0 Å². The summed E-state index contributed by atoms with van der Waals surface area (Å²) < 4.78 is 0. The minimum absolute atomic E-state index is 0.116. The van der Waals surface area contributed by atoms with Gasteiger partial charge in [-0.05, 0) is 56.4 Å². The molecule has 0 aromatic rings. The highest BCUT2D eigenvalue weighted by Crippen LogP contribution is 2.42. The maximum atomic E-state index is 11.9. The Morgan fingerprint density at radius 3 is 1.83 bits per heavy atom. The first-order valence-corrected chi connectivity index (χ1v) is 6.05. The van der Waals surface area contributed by atoms with Crippen molar-refractivity contribution in [3.8, 4) is 0 Å². The molecule has 0 aromatic carbocycles. The highest BCUT2D eigenvalue weighted by Gasteiger charge is 2.47. The summed E-state index contributed by atoms with van der Waals surface area (Å²) in [5, 5.41) is 20.1. The van der Waals surface area contributed by atoms with E-state index < -0.39 is 17.5 Å². The molecule has 0 spiro atoms. The van der Waals surface area contributed by atoms with Crippen LogP contribution < -0.4 is 0 Å². The van der Waals surface area contributed by atoms with E-state index in [9.17, 15) is 19.8 Å². The van der Waals surface area contributed by atoms with Crippen LogP contribution in [0.1, 0.15) is 41.0 Å². The average Bonchev–Trinajstić information content (AvgIpc) is 2.32. The summed E-state index contributed by atoms with van der Waals surface area (Å²) in [6, 6.07) is 0. The Morgan fingerprint density at radius 2 is 1.56 bits per heavy atom. The second-order valence-corrected chi connectivity index (χ2v) is 4.89. The summed E-state index contributed by atoms with van der Waals surface area (Å²) in [7, 11) is 0. The lowest BCUT2D eigenvalue weighted by molar-refractivity contribution is -0.148. The van der Waals surface area contributed by atoms with Crippen LogP contribution in [-0.2, 0) is 9.59 Å². The topological polar surface area (TPSA) is 74.6 Å². The lowest BCUT2D eigenvalue weighted by atomic mass is 9.68. The van der Waals surface area contributed by atoms with Crippen LogP contribution in [0.4, 0.5) is 0 Å². The van der Waals surface area contributed by atoms with Gasteiger partial charge >= 0.3 is 5.97 Å². The smallest absolute Gasteiger partial charge is 0.310 e. The number of carboxylic acids is 1. The Hall–Kier alpha value is -1.42. The van der Waals surface area contributed by atoms with Gasteiger partial charge in [0, 0.05) is 0 Å². The number of hydrogen-bond acceptors (Lipinski definition) is 3. The Kier molecular flexibility index (Phi) is 3.81. The zero-order valence-corrected chi connectivity index (χ0v) is 11.5. The maximum Gasteiger partial charge on any atom is 0.310 e. The van der Waals surface area contributed by atoms with Gasteiger partial charge in [-0.25, -0.2) is 0 Å². The van der Waals surface area contributed by atoms with Crippen molar-refractivity contribution in [2.24, 2.45) is 5.92 Å². The number of carbonyl (C=O) groups is 2. The molecular formula is C14H20O4. The lowest BCUT2D eigenvalue weighted by Crippen LogP contribution is -2.47. The maximum absolute atomic E-state index is 11.9. The minimum Gasteiger partial charge on any atom is -0.481 e. The molecule has 0 amide bonds. The summed E-state index contributed by atoms with van der Waals surface area (Å²) in [6.45, 7) is 8.25. The van der Waals surface area contributed by atoms with Gasteiger partial charge in [0.25, 0.3) is 0 Å². The Morgan fingerprint density at radius 1 is 1.17 bits per heavy atom. The second-order valence-electron chi connectivity index (χ2n) is 4.89. The molecule has 1 rings (SSSR count). The van der Waals surface area contributed by atoms with Gasteiger partial charge in [0.1, 0.15) is 5.60 Å². The molecule has 1 aliphatic carbocycles. The quantitative estimate of drug-likeness (QED) is 0.806. The molecule has 0 aliphatic heterocycles. The minimum atomic E-state index is -1.55. The lowest BCUT2D eigenvalue weighted by Gasteiger charge is -2.40. The van der Waals surface area contributed by atoms with Gasteiger partial charge in [-0.2, -0.15) is 0 Å². The number of rotatable bonds is 3. The van der Waals surface area contributed by atoms with Crippen molar-refractivity contribution >= 4 is 11.8 Å². The third kappa shape index (κ3) is 1.81. The van der Waals surface area contributed by atoms with Crippen LogP contribution in [0.15, 0.2) is 22.3 Å². The van der Waals surface area contributed by atoms with E-state index in [0.717, 1.165) is 0 Å². The van der Waals surface area contributed by atoms with Crippen molar-refractivity contribution in [2.45, 2.75) is 46.6 Å². The molecule has 0 radical (unpaired) electrons. The molecule has 1 unspecified atom stereocenters. The Labute approximate surface area is 107 Å². The summed E-state index contributed by atoms with van der Waals surface area (Å²) >= 11 is 0. The van der Waals surface area contributed by atoms with Gasteiger partial charge in [0.15, 0.2) is 5.78 Å². The van der Waals surface area contributed by atoms with Crippen LogP contribution in [0.25, 0.3) is 0 Å². The van der Waals surface area contributed by atoms with E-state index in [1.165, 1.54) is 0 Å². The van der Waals surface area contributed by atoms with Crippen LogP contribution in [0.2, 0.25) is 0 Å². The molecule has 100 valence electrons. The molecule has 1 aliphatic rings. The van der Waals surface area contributed by atoms with Gasteiger partial charge in [-0.1, -0.05) is 6.92 Å². The van der Waals surface area contributed by atoms with Crippen molar-refractivity contribution < 1.29 is 19.8 Å². The second kappa shape index (κ2) is 4.69. The number of carbonyl (C=O) groups excluding carboxylic acids is 1. The number of hydrogen-bond donors (Lipinski definition) is 2. The molecule has 1 atom stereocenters. The van der Waals surface area contributed by atoms with Crippen LogP contribution in [0.5, 0.6) is 0 Å². The van der Waals surface area contributed by atoms with E-state index >= 15 is 0 Å². The molecule has 4 heteroatoms. The van der Waals surface area contributed by atoms with E-state index in [1.54, 1.807) is 34.6 Å². The van der Waals surface area contributed by atoms with E-state index in [4.69, 9.17) is 0 Å². The van der Waals surface area contributed by atoms with Gasteiger partial charge in [-0.3, -0.25) is 9.59 Å². The number of allylic oxidation sites excluding steroid dienone is 2. The fourth-order valence-corrected chi connectivity index (χ4v) is 2.65. The van der Waals surface area contributed by atoms with Crippen LogP contribution in [-0.4, -0.2) is 27.6 Å². The number of carboxylic acid groups (broad SMARTS) is 1. The highest BCUT2D eigenvalue weighted by atomic mass is 16.4. The fourth-order valence-electron chi connectivity index (χ4n) is 2.65. The first-order chi connectivity index (χ1) is 8.19. The van der Waals surface area contributed by atoms with Gasteiger partial charge in [0.2, 0.25) is 0 Å². The summed E-state index contributed by atoms with van der Waals surface area (Å²) in [6.07, 6.45) is 0.301. The molecular weight excluding hydrogens is 232 g/mol. The van der Waals surface area contributed by atoms with Crippen molar-refractivity contribution in [2.75, 3.05) is 0 Å². The number of Topliss-reactive ketones (excluding diaryl/α,β-unsaturated/α-hetero) is 1. The van der Waals surface area contributed by atoms with Gasteiger partial charge in [-0.15, -0.1) is 0 Å². The molecule has 2 N–H and O–H groups in total. The van der Waals surface area contributed by atoms with Crippen LogP contribution in [0, 0.1) is 5.92 Å². The van der Waals surface area contributed by atoms with Crippen molar-refractivity contribution in [1.82, 2.24) is 0 Å². The van der Waals surface area contributed by atoms with Gasteiger partial charge in [0.05, 0.1) is 5.92 Å². The predicted molar refractivity (Wildman–Crippen MR) is 68.1 cm³/mol. The summed E-state index contributed by atoms with van der Waals surface area (Å²) in [4.78, 5) is 23.3. The molecule has 0 fully saturated rings. The summed E-state index contributed by atoms with van der Waals surface area (Å²) in [5.74, 6) is -2.10. The Bertz CT molecular complexity index is 440. The summed E-state index contributed by atoms with van der Waals surface area (Å²) in [5.41, 5.74) is 0.234. The molecule has 0 heterocycles. The Balaban J connectivity index is 3.53. The zero-order chi connectivity index (χ0) is 14.2. The standard InChI is InChI=1S/C14H20O4/c1-6-11(13(16)17)14(18)9(4)7(2)12(15)8(3)10(14)5/h11,18H,6H2,1-5H3,(H,16,17). The first kappa shape index (κ1) is 14.6. The molecule has 0 aromatic heterocycles. The third-order valence-electron chi connectivity index (χ3n) is 4.16. The first-order valence-electron chi connectivity index (χ1n) is 6.05. The van der Waals surface area contributed by atoms with Crippen molar-refractivity contribution in [1.29, 1.82) is 0 Å². The van der Waals surface area contributed by atoms with E-state index in [-0.39, 0.29) is 5.78 Å². The SMILES string of the molecule is CCC(C(=O)O)C1(O)C(C)=C(C)C(=O)C(C)=C1C. The number of ketones is 1. The highest BCUT2D eigenvalue weighted by molar-refractivity contribution is 6.10. The normalized spacial score (nSPS) is 21.3. The molecule has 0 saturated carbocycles. The molecule has 18 heavy (non-hydrogen) atoms. The third-order valence-corrected chi connectivity index (χ3v) is 4.16. The molecule has 4 nitrogen and oxygen atoms in total. The monoisotopic (exact) mass is 252 g/mol.